The maximum absolute atomic E-state index is 11.9. The summed E-state index contributed by atoms with van der Waals surface area (Å²) in [5.74, 6) is 3.59. The maximum Gasteiger partial charge on any atom is 0.0991 e. The average molecular weight is 396 g/mol. The Morgan fingerprint density at radius 3 is 2.07 bits per heavy atom. The topological polar surface area (TPSA) is 23.8 Å². The van der Waals surface area contributed by atoms with Crippen LogP contribution in [0.5, 0.6) is 0 Å². The molecular weight excluding hydrogens is 357 g/mol. The fraction of sp³-hybridized carbons (Fsp3) is 0.667. The molecule has 2 aliphatic rings. The molecule has 0 heterocycles. The van der Waals surface area contributed by atoms with Crippen LogP contribution in [0.15, 0.2) is 36.7 Å². The zero-order chi connectivity index (χ0) is 20.3. The van der Waals surface area contributed by atoms with Crippen molar-refractivity contribution in [2.75, 3.05) is 0 Å². The van der Waals surface area contributed by atoms with Gasteiger partial charge in [0.05, 0.1) is 18.0 Å². The highest BCUT2D eigenvalue weighted by atomic mass is 19.1. The first-order valence-electron chi connectivity index (χ1n) is 12.1. The fourth-order valence-electron chi connectivity index (χ4n) is 5.81. The highest BCUT2D eigenvalue weighted by molar-refractivity contribution is 5.33. The van der Waals surface area contributed by atoms with Gasteiger partial charge >= 0.3 is 0 Å². The van der Waals surface area contributed by atoms with Crippen LogP contribution in [0.25, 0.3) is 0 Å². The molecule has 1 aromatic rings. The van der Waals surface area contributed by atoms with E-state index >= 15 is 0 Å². The van der Waals surface area contributed by atoms with Gasteiger partial charge in [0.2, 0.25) is 0 Å². The van der Waals surface area contributed by atoms with E-state index < -0.39 is 0 Å². The maximum atomic E-state index is 11.9. The van der Waals surface area contributed by atoms with Crippen LogP contribution < -0.4 is 0 Å². The van der Waals surface area contributed by atoms with E-state index in [0.29, 0.717) is 12.2 Å². The highest BCUT2D eigenvalue weighted by Gasteiger charge is 2.31. The summed E-state index contributed by atoms with van der Waals surface area (Å²) in [7, 11) is 0. The number of allylic oxidation sites excluding steroid dienone is 1. The normalized spacial score (nSPS) is 27.7. The Hall–Kier alpha value is -1.62. The molecule has 1 aromatic carbocycles. The summed E-state index contributed by atoms with van der Waals surface area (Å²) >= 11 is 0. The average Bonchev–Trinajstić information content (AvgIpc) is 2.79. The van der Waals surface area contributed by atoms with Gasteiger partial charge in [-0.15, -0.1) is 0 Å². The van der Waals surface area contributed by atoms with Crippen LogP contribution in [-0.2, 0) is 0 Å². The number of hydrogen-bond donors (Lipinski definition) is 0. The number of hydrogen-bond acceptors (Lipinski definition) is 1. The van der Waals surface area contributed by atoms with E-state index in [-0.39, 0.29) is 0 Å². The van der Waals surface area contributed by atoms with Crippen LogP contribution in [0.1, 0.15) is 107 Å². The first-order chi connectivity index (χ1) is 14.3. The third kappa shape index (κ3) is 6.98. The largest absolute Gasteiger partial charge is 0.216 e. The first kappa shape index (κ1) is 22.1. The van der Waals surface area contributed by atoms with Crippen LogP contribution in [-0.4, -0.2) is 0 Å². The zero-order valence-electron chi connectivity index (χ0n) is 18.0. The molecule has 0 radical (unpaired) electrons. The number of benzene rings is 1. The van der Waals surface area contributed by atoms with Crippen LogP contribution in [0.2, 0.25) is 0 Å². The van der Waals surface area contributed by atoms with Gasteiger partial charge in [-0.2, -0.15) is 5.26 Å². The number of nitriles is 1. The van der Waals surface area contributed by atoms with Gasteiger partial charge in [0, 0.05) is 0 Å². The summed E-state index contributed by atoms with van der Waals surface area (Å²) in [6, 6.07) is 10.5. The van der Waals surface area contributed by atoms with Gasteiger partial charge in [0.15, 0.2) is 0 Å². The van der Waals surface area contributed by atoms with Gasteiger partial charge < -0.3 is 0 Å². The van der Waals surface area contributed by atoms with E-state index in [9.17, 15) is 4.39 Å². The van der Waals surface area contributed by atoms with E-state index in [0.717, 1.165) is 36.2 Å². The van der Waals surface area contributed by atoms with Crippen molar-refractivity contribution in [2.45, 2.75) is 95.8 Å². The SMILES string of the molecule is N#Cc1ccc(C2CCC(C3CCC(CCCCCCC=CF)CC3)CC2)cc1. The van der Waals surface area contributed by atoms with Gasteiger partial charge in [-0.1, -0.05) is 56.7 Å². The Morgan fingerprint density at radius 2 is 1.45 bits per heavy atom. The second kappa shape index (κ2) is 12.2. The second-order valence-corrected chi connectivity index (χ2v) is 9.48. The Balaban J connectivity index is 1.30. The third-order valence-electron chi connectivity index (χ3n) is 7.66. The molecule has 2 aliphatic carbocycles. The summed E-state index contributed by atoms with van der Waals surface area (Å²) in [5, 5.41) is 8.97. The minimum absolute atomic E-state index is 0.679. The summed E-state index contributed by atoms with van der Waals surface area (Å²) in [6.07, 6.45) is 21.0. The molecule has 2 heteroatoms. The second-order valence-electron chi connectivity index (χ2n) is 9.48. The molecule has 0 N–H and O–H groups in total. The molecule has 0 saturated heterocycles. The van der Waals surface area contributed by atoms with Crippen molar-refractivity contribution in [2.24, 2.45) is 17.8 Å². The zero-order valence-corrected chi connectivity index (χ0v) is 18.0. The summed E-state index contributed by atoms with van der Waals surface area (Å²) < 4.78 is 11.9. The quantitative estimate of drug-likeness (QED) is 0.385. The van der Waals surface area contributed by atoms with Crippen molar-refractivity contribution >= 4 is 0 Å². The molecule has 0 amide bonds. The van der Waals surface area contributed by atoms with Gasteiger partial charge in [-0.05, 0) is 92.7 Å². The Labute approximate surface area is 177 Å². The molecular formula is C27H38FN. The van der Waals surface area contributed by atoms with E-state index in [2.05, 4.69) is 18.2 Å². The fourth-order valence-corrected chi connectivity index (χ4v) is 5.81. The predicted molar refractivity (Wildman–Crippen MR) is 119 cm³/mol. The smallest absolute Gasteiger partial charge is 0.0991 e. The Morgan fingerprint density at radius 1 is 0.828 bits per heavy atom. The number of nitrogens with zero attached hydrogens (tertiary/aromatic N) is 1. The van der Waals surface area contributed by atoms with Crippen LogP contribution >= 0.6 is 0 Å². The van der Waals surface area contributed by atoms with Crippen LogP contribution in [0, 0.1) is 29.1 Å². The molecule has 29 heavy (non-hydrogen) atoms. The van der Waals surface area contributed by atoms with Gasteiger partial charge in [0.1, 0.15) is 0 Å². The molecule has 0 aliphatic heterocycles. The van der Waals surface area contributed by atoms with E-state index in [1.54, 1.807) is 6.08 Å². The lowest BCUT2D eigenvalue weighted by atomic mass is 9.68. The molecule has 2 fully saturated rings. The number of unbranched alkanes of at least 4 members (excludes halogenated alkanes) is 4. The van der Waals surface area contributed by atoms with Crippen LogP contribution in [0.4, 0.5) is 4.39 Å². The summed E-state index contributed by atoms with van der Waals surface area (Å²) in [5.41, 5.74) is 2.21. The molecule has 158 valence electrons. The van der Waals surface area contributed by atoms with Crippen molar-refractivity contribution in [3.63, 3.8) is 0 Å². The summed E-state index contributed by atoms with van der Waals surface area (Å²) in [4.78, 5) is 0. The van der Waals surface area contributed by atoms with Crippen molar-refractivity contribution in [1.29, 1.82) is 5.26 Å². The molecule has 0 spiro atoms. The van der Waals surface area contributed by atoms with Crippen molar-refractivity contribution < 1.29 is 4.39 Å². The third-order valence-corrected chi connectivity index (χ3v) is 7.66. The standard InChI is InChI=1S/C27H38FN/c28-20-6-4-2-1-3-5-7-22-8-12-24(13-9-22)26-16-18-27(19-17-26)25-14-10-23(21-29)11-15-25/h6,10-11,14-15,20,22,24,26-27H,1-5,7-9,12-13,16-19H2. The molecule has 0 bridgehead atoms. The molecule has 3 rings (SSSR count). The Kier molecular flexibility index (Phi) is 9.26. The Bertz CT molecular complexity index is 640. The summed E-state index contributed by atoms with van der Waals surface area (Å²) in [6.45, 7) is 0. The highest BCUT2D eigenvalue weighted by Crippen LogP contribution is 2.44. The minimum atomic E-state index is 0.679. The van der Waals surface area contributed by atoms with Crippen molar-refractivity contribution in [3.8, 4) is 6.07 Å². The van der Waals surface area contributed by atoms with Crippen molar-refractivity contribution in [3.05, 3.63) is 47.8 Å². The predicted octanol–water partition coefficient (Wildman–Crippen LogP) is 8.46. The molecule has 2 saturated carbocycles. The van der Waals surface area contributed by atoms with Gasteiger partial charge in [-0.3, -0.25) is 0 Å². The number of rotatable bonds is 9. The molecule has 0 atom stereocenters. The van der Waals surface area contributed by atoms with Gasteiger partial charge in [0.25, 0.3) is 0 Å². The monoisotopic (exact) mass is 395 g/mol. The molecule has 1 nitrogen and oxygen atoms in total. The number of halogens is 1. The first-order valence-corrected chi connectivity index (χ1v) is 12.1. The van der Waals surface area contributed by atoms with E-state index in [4.69, 9.17) is 5.26 Å². The van der Waals surface area contributed by atoms with E-state index in [1.807, 2.05) is 12.1 Å². The lowest BCUT2D eigenvalue weighted by Crippen LogP contribution is -2.25. The minimum Gasteiger partial charge on any atom is -0.216 e. The van der Waals surface area contributed by atoms with Crippen molar-refractivity contribution in [1.82, 2.24) is 0 Å². The molecule has 0 aromatic heterocycles. The lowest BCUT2D eigenvalue weighted by molar-refractivity contribution is 0.155. The van der Waals surface area contributed by atoms with Gasteiger partial charge in [-0.25, -0.2) is 4.39 Å². The van der Waals surface area contributed by atoms with Crippen LogP contribution in [0.3, 0.4) is 0 Å². The van der Waals surface area contributed by atoms with E-state index in [1.165, 1.54) is 82.6 Å². The molecule has 0 unspecified atom stereocenters. The lowest BCUT2D eigenvalue weighted by Gasteiger charge is -2.38.